The van der Waals surface area contributed by atoms with E-state index in [2.05, 4.69) is 30.9 Å². The zero-order valence-corrected chi connectivity index (χ0v) is 18.4. The molecule has 2 amide bonds. The molecule has 12 heteroatoms. The van der Waals surface area contributed by atoms with Crippen LogP contribution in [0.1, 0.15) is 12.8 Å². The van der Waals surface area contributed by atoms with Gasteiger partial charge in [0.15, 0.2) is 5.65 Å². The number of hydrogen-bond donors (Lipinski definition) is 3. The molecule has 31 heavy (non-hydrogen) atoms. The molecule has 1 aliphatic rings. The average Bonchev–Trinajstić information content (AvgIpc) is 3.05. The molecule has 1 fully saturated rings. The molecule has 9 nitrogen and oxygen atoms in total. The van der Waals surface area contributed by atoms with Crippen LogP contribution in [0, 0.1) is 5.82 Å². The molecule has 3 heterocycles. The Bertz CT molecular complexity index is 1110. The van der Waals surface area contributed by atoms with Crippen molar-refractivity contribution in [3.63, 3.8) is 0 Å². The van der Waals surface area contributed by atoms with Gasteiger partial charge in [0.25, 0.3) is 0 Å². The van der Waals surface area contributed by atoms with Crippen LogP contribution in [0.3, 0.4) is 0 Å². The number of aromatic nitrogens is 4. The molecule has 0 aliphatic carbocycles. The molecular formula is C19H21Cl2FN8O. The van der Waals surface area contributed by atoms with Crippen molar-refractivity contribution in [2.75, 3.05) is 30.8 Å². The number of piperidine rings is 1. The lowest BCUT2D eigenvalue weighted by Gasteiger charge is -2.32. The maximum absolute atomic E-state index is 14.3. The van der Waals surface area contributed by atoms with Gasteiger partial charge in [0.05, 0.1) is 16.9 Å². The van der Waals surface area contributed by atoms with E-state index in [-0.39, 0.29) is 27.8 Å². The van der Waals surface area contributed by atoms with E-state index in [1.165, 1.54) is 12.1 Å². The SMILES string of the molecule is CNC(=O)N1CCCC(Nc2ncc3nc(Nc4c(F)cc(Cl)cc4Cl)n(C)c3n2)C1. The van der Waals surface area contributed by atoms with Gasteiger partial charge in [0.1, 0.15) is 11.3 Å². The van der Waals surface area contributed by atoms with Gasteiger partial charge < -0.3 is 20.9 Å². The maximum atomic E-state index is 14.3. The van der Waals surface area contributed by atoms with Crippen LogP contribution in [-0.2, 0) is 7.05 Å². The molecule has 4 rings (SSSR count). The Kier molecular flexibility index (Phi) is 6.01. The number of aryl methyl sites for hydroxylation is 1. The highest BCUT2D eigenvalue weighted by molar-refractivity contribution is 6.36. The molecule has 3 aromatic rings. The summed E-state index contributed by atoms with van der Waals surface area (Å²) in [4.78, 5) is 27.0. The molecular weight excluding hydrogens is 446 g/mol. The topological polar surface area (TPSA) is 100 Å². The van der Waals surface area contributed by atoms with E-state index in [1.54, 1.807) is 29.8 Å². The van der Waals surface area contributed by atoms with Gasteiger partial charge in [-0.15, -0.1) is 0 Å². The summed E-state index contributed by atoms with van der Waals surface area (Å²) in [6.07, 6.45) is 3.39. The number of rotatable bonds is 4. The van der Waals surface area contributed by atoms with E-state index >= 15 is 0 Å². The molecule has 1 aromatic carbocycles. The molecule has 1 aliphatic heterocycles. The summed E-state index contributed by atoms with van der Waals surface area (Å²) in [5.41, 5.74) is 1.17. The predicted octanol–water partition coefficient (Wildman–Crippen LogP) is 3.77. The fraction of sp³-hybridized carbons (Fsp3) is 0.368. The van der Waals surface area contributed by atoms with Crippen LogP contribution in [0.4, 0.5) is 26.8 Å². The number of fused-ring (bicyclic) bond motifs is 1. The van der Waals surface area contributed by atoms with Crippen LogP contribution in [0.2, 0.25) is 10.0 Å². The summed E-state index contributed by atoms with van der Waals surface area (Å²) in [7, 11) is 3.37. The van der Waals surface area contributed by atoms with Crippen LogP contribution < -0.4 is 16.0 Å². The molecule has 0 radical (unpaired) electrons. The van der Waals surface area contributed by atoms with Gasteiger partial charge in [0, 0.05) is 38.2 Å². The number of nitrogens with zero attached hydrogens (tertiary/aromatic N) is 5. The number of anilines is 3. The second kappa shape index (κ2) is 8.72. The Morgan fingerprint density at radius 1 is 1.29 bits per heavy atom. The molecule has 1 unspecified atom stereocenters. The minimum absolute atomic E-state index is 0.0382. The van der Waals surface area contributed by atoms with E-state index in [4.69, 9.17) is 23.2 Å². The third-order valence-electron chi connectivity index (χ3n) is 5.11. The molecule has 1 atom stereocenters. The predicted molar refractivity (Wildman–Crippen MR) is 119 cm³/mol. The Balaban J connectivity index is 1.55. The van der Waals surface area contributed by atoms with Crippen LogP contribution in [0.5, 0.6) is 0 Å². The van der Waals surface area contributed by atoms with Gasteiger partial charge in [0.2, 0.25) is 11.9 Å². The lowest BCUT2D eigenvalue weighted by atomic mass is 10.1. The number of urea groups is 1. The van der Waals surface area contributed by atoms with E-state index < -0.39 is 5.82 Å². The van der Waals surface area contributed by atoms with E-state index in [0.29, 0.717) is 29.6 Å². The molecule has 0 bridgehead atoms. The van der Waals surface area contributed by atoms with Crippen molar-refractivity contribution in [3.8, 4) is 0 Å². The largest absolute Gasteiger partial charge is 0.350 e. The summed E-state index contributed by atoms with van der Waals surface area (Å²) in [5.74, 6) is 0.200. The fourth-order valence-corrected chi connectivity index (χ4v) is 4.07. The van der Waals surface area contributed by atoms with Gasteiger partial charge in [-0.3, -0.25) is 4.57 Å². The molecule has 0 spiro atoms. The van der Waals surface area contributed by atoms with Crippen molar-refractivity contribution in [2.24, 2.45) is 7.05 Å². The number of imidazole rings is 1. The summed E-state index contributed by atoms with van der Waals surface area (Å²) < 4.78 is 16.0. The van der Waals surface area contributed by atoms with Gasteiger partial charge in [-0.2, -0.15) is 4.98 Å². The van der Waals surface area contributed by atoms with Gasteiger partial charge in [-0.05, 0) is 25.0 Å². The Hall–Kier alpha value is -2.85. The highest BCUT2D eigenvalue weighted by atomic mass is 35.5. The minimum Gasteiger partial charge on any atom is -0.350 e. The molecule has 164 valence electrons. The Morgan fingerprint density at radius 2 is 2.10 bits per heavy atom. The van der Waals surface area contributed by atoms with Crippen molar-refractivity contribution < 1.29 is 9.18 Å². The van der Waals surface area contributed by atoms with Gasteiger partial charge in [-0.25, -0.2) is 19.2 Å². The number of benzene rings is 1. The van der Waals surface area contributed by atoms with Crippen molar-refractivity contribution in [1.29, 1.82) is 0 Å². The summed E-state index contributed by atoms with van der Waals surface area (Å²) in [6, 6.07) is 2.56. The maximum Gasteiger partial charge on any atom is 0.317 e. The molecule has 2 aromatic heterocycles. The highest BCUT2D eigenvalue weighted by Gasteiger charge is 2.24. The zero-order chi connectivity index (χ0) is 22.1. The first-order chi connectivity index (χ1) is 14.9. The molecule has 1 saturated heterocycles. The standard InChI is InChI=1S/C19H21Cl2FN8O/c1-23-19(31)30-5-3-4-11(9-30)25-17-24-8-14-16(28-17)29(2)18(26-14)27-15-12(21)6-10(20)7-13(15)22/h6-8,11H,3-5,9H2,1-2H3,(H,23,31)(H,26,27)(H,24,25,28). The summed E-state index contributed by atoms with van der Waals surface area (Å²) in [5, 5.41) is 9.19. The van der Waals surface area contributed by atoms with E-state index in [1.807, 2.05) is 0 Å². The zero-order valence-electron chi connectivity index (χ0n) is 16.9. The van der Waals surface area contributed by atoms with Crippen LogP contribution in [0.15, 0.2) is 18.3 Å². The third kappa shape index (κ3) is 4.45. The van der Waals surface area contributed by atoms with Crippen LogP contribution in [0.25, 0.3) is 11.2 Å². The second-order valence-electron chi connectivity index (χ2n) is 7.25. The van der Waals surface area contributed by atoms with Crippen LogP contribution in [-0.4, -0.2) is 56.6 Å². The van der Waals surface area contributed by atoms with Crippen molar-refractivity contribution in [3.05, 3.63) is 34.2 Å². The number of hydrogen-bond acceptors (Lipinski definition) is 6. The normalized spacial score (nSPS) is 16.4. The van der Waals surface area contributed by atoms with Gasteiger partial charge >= 0.3 is 6.03 Å². The summed E-state index contributed by atoms with van der Waals surface area (Å²) >= 11 is 11.9. The first kappa shape index (κ1) is 21.4. The number of nitrogens with one attached hydrogen (secondary N) is 3. The smallest absolute Gasteiger partial charge is 0.317 e. The molecule has 0 saturated carbocycles. The third-order valence-corrected chi connectivity index (χ3v) is 5.63. The Morgan fingerprint density at radius 3 is 2.84 bits per heavy atom. The lowest BCUT2D eigenvalue weighted by molar-refractivity contribution is 0.184. The number of carbonyl (C=O) groups excluding carboxylic acids is 1. The fourth-order valence-electron chi connectivity index (χ4n) is 3.56. The highest BCUT2D eigenvalue weighted by Crippen LogP contribution is 2.32. The van der Waals surface area contributed by atoms with Crippen molar-refractivity contribution in [1.82, 2.24) is 29.7 Å². The lowest BCUT2D eigenvalue weighted by Crippen LogP contribution is -2.48. The van der Waals surface area contributed by atoms with E-state index in [0.717, 1.165) is 19.4 Å². The Labute approximate surface area is 188 Å². The summed E-state index contributed by atoms with van der Waals surface area (Å²) in [6.45, 7) is 1.28. The number of carbonyl (C=O) groups is 1. The first-order valence-corrected chi connectivity index (χ1v) is 10.5. The first-order valence-electron chi connectivity index (χ1n) is 9.70. The van der Waals surface area contributed by atoms with E-state index in [9.17, 15) is 9.18 Å². The minimum atomic E-state index is -0.587. The van der Waals surface area contributed by atoms with Crippen LogP contribution >= 0.6 is 23.2 Å². The average molecular weight is 467 g/mol. The number of halogens is 3. The monoisotopic (exact) mass is 466 g/mol. The quantitative estimate of drug-likeness (QED) is 0.540. The second-order valence-corrected chi connectivity index (χ2v) is 8.09. The van der Waals surface area contributed by atoms with Crippen molar-refractivity contribution >= 4 is 58.0 Å². The molecule has 3 N–H and O–H groups in total. The van der Waals surface area contributed by atoms with Gasteiger partial charge in [-0.1, -0.05) is 23.2 Å². The van der Waals surface area contributed by atoms with Crippen molar-refractivity contribution in [2.45, 2.75) is 18.9 Å². The number of amides is 2. The number of likely N-dealkylation sites (tertiary alicyclic amines) is 1.